The number of nitrogens with zero attached hydrogens (tertiary/aromatic N) is 9. The predicted molar refractivity (Wildman–Crippen MR) is 427 cm³/mol. The number of sulfonamides is 6. The van der Waals surface area contributed by atoms with Crippen molar-refractivity contribution in [2.24, 2.45) is 0 Å². The van der Waals surface area contributed by atoms with Gasteiger partial charge in [0.05, 0.1) is 37.5 Å². The van der Waals surface area contributed by atoms with Crippen LogP contribution in [0.3, 0.4) is 0 Å². The van der Waals surface area contributed by atoms with Gasteiger partial charge >= 0.3 is 17.9 Å². The van der Waals surface area contributed by atoms with Crippen LogP contribution in [0.25, 0.3) is 0 Å². The van der Waals surface area contributed by atoms with Crippen molar-refractivity contribution >= 4 is 113 Å². The van der Waals surface area contributed by atoms with E-state index in [2.05, 4.69) is 30.9 Å². The monoisotopic (exact) mass is 1700 g/mol. The van der Waals surface area contributed by atoms with Crippen molar-refractivity contribution in [1.29, 1.82) is 0 Å². The summed E-state index contributed by atoms with van der Waals surface area (Å²) in [7, 11) is -11.8. The molecule has 36 nitrogen and oxygen atoms in total. The van der Waals surface area contributed by atoms with Crippen molar-refractivity contribution in [2.75, 3.05) is 175 Å². The van der Waals surface area contributed by atoms with Crippen LogP contribution in [0, 0.1) is 0 Å². The lowest BCUT2D eigenvalue weighted by molar-refractivity contribution is 0.0725. The van der Waals surface area contributed by atoms with Crippen LogP contribution < -0.4 is 58.6 Å². The number of esters is 3. The van der Waals surface area contributed by atoms with Gasteiger partial charge in [0.2, 0.25) is 78.0 Å². The number of hydrogen-bond acceptors (Lipinski definition) is 30. The molecule has 0 aliphatic rings. The summed E-state index contributed by atoms with van der Waals surface area (Å²) in [5, 5.41) is 9.49. The fraction of sp³-hybridized carbons (Fsp3) is 0.333. The second kappa shape index (κ2) is 41.1. The lowest BCUT2D eigenvalue weighted by Crippen LogP contribution is -2.30. The lowest BCUT2D eigenvalue weighted by atomic mass is 10.2. The molecule has 0 aliphatic carbocycles. The molecular weight excluding hydrogens is 1610 g/mol. The van der Waals surface area contributed by atoms with Crippen LogP contribution in [-0.4, -0.2) is 268 Å². The van der Waals surface area contributed by atoms with Gasteiger partial charge in [0.15, 0.2) is 0 Å². The van der Waals surface area contributed by atoms with Gasteiger partial charge in [0.1, 0.15) is 108 Å². The Labute approximate surface area is 664 Å². The van der Waals surface area contributed by atoms with Gasteiger partial charge in [-0.05, 0) is 109 Å². The number of ether oxygens (including phenoxy) is 9. The van der Waals surface area contributed by atoms with Gasteiger partial charge in [0.25, 0.3) is 0 Å². The first-order chi connectivity index (χ1) is 53.5. The van der Waals surface area contributed by atoms with Crippen molar-refractivity contribution in [3.05, 3.63) is 180 Å². The molecule has 0 amide bonds. The summed E-state index contributed by atoms with van der Waals surface area (Å²) in [6, 6.07) is 42.7. The Bertz CT molecular complexity index is 4790. The van der Waals surface area contributed by atoms with Gasteiger partial charge in [-0.15, -0.1) is 0 Å². The maximum absolute atomic E-state index is 13.6. The van der Waals surface area contributed by atoms with E-state index in [-0.39, 0.29) is 148 Å². The fourth-order valence-corrected chi connectivity index (χ4v) is 11.5. The molecule has 0 atom stereocenters. The van der Waals surface area contributed by atoms with Crippen molar-refractivity contribution in [1.82, 2.24) is 40.8 Å². The van der Waals surface area contributed by atoms with Crippen LogP contribution in [0.2, 0.25) is 0 Å². The maximum Gasteiger partial charge on any atom is 0.347 e. The number of carbonyl (C=O) groups is 3. The molecule has 0 spiro atoms. The smallest absolute Gasteiger partial charge is 0.347 e. The Kier molecular flexibility index (Phi) is 32.7. The number of rotatable bonds is 42. The standard InChI is InChI=1S/C39H45N3O15S3.C33H45N9O9S3/c1-40(58(4,46)47)19-22-52-34-16-10-7-13-31(34)37(43)55-28-25-29(56-38(44)32-14-8-11-17-35(32)53-23-20-41(2)59(5,48)49)27-30(26-28)57-39(45)33-15-9-12-18-36(33)54-24-21-42(3)60(6,50)51;1-40(52(4,43)44)19-22-49-28-13-7-25(8-14-28)34-31-37-32(35-26-9-15-29(16-10-26)50-23-20-41(2)53(5,45)46)39-33(38-31)36-27-11-17-30(18-12-27)51-24-21-42(3)54(6,47)48/h7-18,25-27H,19-24H2,1-6H3;7-18H,19-24H2,1-6H3,(H3,34,35,36,37,38,39). The topological polar surface area (TPSA) is 433 Å². The molecule has 1 aromatic heterocycles. The fourth-order valence-electron chi connectivity index (χ4n) is 9.05. The number of benzene rings is 7. The zero-order valence-electron chi connectivity index (χ0n) is 64.3. The number of nitrogens with one attached hydrogen (secondary N) is 3. The van der Waals surface area contributed by atoms with Crippen LogP contribution in [-0.2, 0) is 60.1 Å². The first kappa shape index (κ1) is 90.8. The average molecular weight is 1700 g/mol. The highest BCUT2D eigenvalue weighted by Crippen LogP contribution is 2.33. The quantitative estimate of drug-likeness (QED) is 0.0289. The van der Waals surface area contributed by atoms with Gasteiger partial charge in [-0.3, -0.25) is 0 Å². The highest BCUT2D eigenvalue weighted by Gasteiger charge is 2.24. The van der Waals surface area contributed by atoms with Crippen LogP contribution in [0.5, 0.6) is 51.7 Å². The number of para-hydroxylation sites is 3. The van der Waals surface area contributed by atoms with E-state index in [1.54, 1.807) is 109 Å². The normalized spacial score (nSPS) is 12.1. The van der Waals surface area contributed by atoms with Crippen molar-refractivity contribution in [3.63, 3.8) is 0 Å². The van der Waals surface area contributed by atoms with E-state index in [4.69, 9.17) is 42.6 Å². The van der Waals surface area contributed by atoms with Crippen LogP contribution in [0.4, 0.5) is 34.9 Å². The predicted octanol–water partition coefficient (Wildman–Crippen LogP) is 6.07. The molecule has 8 aromatic rings. The summed E-state index contributed by atoms with van der Waals surface area (Å²) >= 11 is 0. The second-order valence-electron chi connectivity index (χ2n) is 25.1. The number of anilines is 6. The molecule has 0 saturated heterocycles. The van der Waals surface area contributed by atoms with Gasteiger partial charge in [-0.25, -0.2) is 90.7 Å². The minimum absolute atomic E-state index is 0.0118. The summed E-state index contributed by atoms with van der Waals surface area (Å²) in [4.78, 5) is 54.3. The molecular formula is C72H90N12O24S6. The second-order valence-corrected chi connectivity index (χ2v) is 37.7. The Morgan fingerprint density at radius 2 is 0.474 bits per heavy atom. The van der Waals surface area contributed by atoms with Crippen LogP contribution >= 0.6 is 0 Å². The Morgan fingerprint density at radius 3 is 0.675 bits per heavy atom. The van der Waals surface area contributed by atoms with Gasteiger partial charge < -0.3 is 58.6 Å². The molecule has 7 aromatic carbocycles. The number of likely N-dealkylation sites (N-methyl/N-ethyl adjacent to an activating group) is 6. The SMILES string of the molecule is CN(CCOc1ccc(Nc2nc(Nc3ccc(OCCN(C)S(C)(=O)=O)cc3)nc(Nc3ccc(OCCN(C)S(C)(=O)=O)cc3)n2)cc1)S(C)(=O)=O.CN(CCOc1ccccc1C(=O)Oc1cc(OC(=O)c2ccccc2OCCN(C)S(C)(=O)=O)cc(OC(=O)c2ccccc2OCCN(C)S(C)(=O)=O)c1)S(C)(=O)=O. The number of hydrogen-bond donors (Lipinski definition) is 3. The number of carbonyl (C=O) groups excluding carboxylic acids is 3. The molecule has 42 heteroatoms. The Balaban J connectivity index is 0.000000317. The molecule has 0 bridgehead atoms. The van der Waals surface area contributed by atoms with Gasteiger partial charge in [0, 0.05) is 117 Å². The van der Waals surface area contributed by atoms with E-state index in [1.165, 1.54) is 110 Å². The summed E-state index contributed by atoms with van der Waals surface area (Å²) in [6.07, 6.45) is 6.53. The third kappa shape index (κ3) is 30.2. The molecule has 0 unspecified atom stereocenters. The van der Waals surface area contributed by atoms with E-state index >= 15 is 0 Å². The summed E-state index contributed by atoms with van der Waals surface area (Å²) in [5.41, 5.74) is 1.81. The molecule has 0 saturated carbocycles. The maximum atomic E-state index is 13.6. The van der Waals surface area contributed by atoms with Crippen molar-refractivity contribution < 1.29 is 108 Å². The molecule has 8 rings (SSSR count). The van der Waals surface area contributed by atoms with E-state index < -0.39 is 78.0 Å². The van der Waals surface area contributed by atoms with Crippen molar-refractivity contribution in [3.8, 4) is 51.7 Å². The first-order valence-corrected chi connectivity index (χ1v) is 45.3. The molecule has 114 heavy (non-hydrogen) atoms. The molecule has 1 heterocycles. The zero-order chi connectivity index (χ0) is 83.8. The highest BCUT2D eigenvalue weighted by atomic mass is 32.2. The number of aromatic nitrogens is 3. The third-order valence-electron chi connectivity index (χ3n) is 16.2. The Morgan fingerprint density at radius 1 is 0.281 bits per heavy atom. The van der Waals surface area contributed by atoms with Gasteiger partial charge in [-0.2, -0.15) is 15.0 Å². The summed E-state index contributed by atoms with van der Waals surface area (Å²) < 4.78 is 199. The van der Waals surface area contributed by atoms with Crippen molar-refractivity contribution in [2.45, 2.75) is 0 Å². The highest BCUT2D eigenvalue weighted by molar-refractivity contribution is 7.89. The largest absolute Gasteiger partial charge is 0.492 e. The van der Waals surface area contributed by atoms with Crippen LogP contribution in [0.1, 0.15) is 31.1 Å². The zero-order valence-corrected chi connectivity index (χ0v) is 69.2. The molecule has 0 radical (unpaired) electrons. The minimum atomic E-state index is -3.48. The molecule has 618 valence electrons. The van der Waals surface area contributed by atoms with Crippen LogP contribution in [0.15, 0.2) is 164 Å². The van der Waals surface area contributed by atoms with E-state index in [0.717, 1.165) is 50.5 Å². The third-order valence-corrected chi connectivity index (χ3v) is 24.1. The Hall–Kier alpha value is -10.4. The average Bonchev–Trinajstić information content (AvgIpc) is 0.815. The van der Waals surface area contributed by atoms with E-state index in [1.807, 2.05) is 0 Å². The van der Waals surface area contributed by atoms with Gasteiger partial charge in [-0.1, -0.05) is 36.4 Å². The van der Waals surface area contributed by atoms with E-state index in [9.17, 15) is 64.9 Å². The summed E-state index contributed by atoms with van der Waals surface area (Å²) in [5.74, 6) is -0.978. The molecule has 0 fully saturated rings. The minimum Gasteiger partial charge on any atom is -0.492 e. The lowest BCUT2D eigenvalue weighted by Gasteiger charge is -2.17. The first-order valence-electron chi connectivity index (χ1n) is 34.2. The van der Waals surface area contributed by atoms with E-state index in [0.29, 0.717) is 34.3 Å². The molecule has 3 N–H and O–H groups in total. The molecule has 0 aliphatic heterocycles. The summed E-state index contributed by atoms with van der Waals surface area (Å²) in [6.45, 7) is 0.799.